The van der Waals surface area contributed by atoms with Crippen molar-refractivity contribution < 1.29 is 9.47 Å². The third-order valence-corrected chi connectivity index (χ3v) is 5.19. The molecule has 5 heteroatoms. The molecule has 1 N–H and O–H groups in total. The van der Waals surface area contributed by atoms with Crippen LogP contribution in [0.5, 0.6) is 11.5 Å². The zero-order chi connectivity index (χ0) is 20.5. The van der Waals surface area contributed by atoms with E-state index in [2.05, 4.69) is 35.6 Å². The lowest BCUT2D eigenvalue weighted by Gasteiger charge is -2.14. The molecule has 3 rings (SSSR count). The van der Waals surface area contributed by atoms with Gasteiger partial charge in [0.1, 0.15) is 6.61 Å². The van der Waals surface area contributed by atoms with E-state index in [1.807, 2.05) is 37.3 Å². The Morgan fingerprint density at radius 1 is 0.759 bits per heavy atom. The van der Waals surface area contributed by atoms with Crippen LogP contribution >= 0.6 is 23.2 Å². The Morgan fingerprint density at radius 2 is 1.55 bits per heavy atom. The molecule has 0 bridgehead atoms. The van der Waals surface area contributed by atoms with Gasteiger partial charge in [-0.2, -0.15) is 0 Å². The number of benzene rings is 3. The summed E-state index contributed by atoms with van der Waals surface area (Å²) in [5.41, 5.74) is 3.44. The Morgan fingerprint density at radius 3 is 2.31 bits per heavy atom. The maximum Gasteiger partial charge on any atom is 0.161 e. The van der Waals surface area contributed by atoms with Crippen molar-refractivity contribution in [3.05, 3.63) is 93.5 Å². The van der Waals surface area contributed by atoms with Crippen LogP contribution in [0.1, 0.15) is 23.6 Å². The quantitative estimate of drug-likeness (QED) is 0.383. The number of nitrogens with one attached hydrogen (secondary N) is 1. The van der Waals surface area contributed by atoms with Gasteiger partial charge in [-0.3, -0.25) is 0 Å². The Kier molecular flexibility index (Phi) is 8.24. The van der Waals surface area contributed by atoms with E-state index in [1.54, 1.807) is 6.07 Å². The summed E-state index contributed by atoms with van der Waals surface area (Å²) in [7, 11) is 0. The molecule has 0 radical (unpaired) electrons. The highest BCUT2D eigenvalue weighted by atomic mass is 35.5. The summed E-state index contributed by atoms with van der Waals surface area (Å²) in [6.07, 6.45) is 1.00. The van der Waals surface area contributed by atoms with Crippen molar-refractivity contribution in [2.75, 3.05) is 13.2 Å². The molecule has 0 aromatic heterocycles. The second-order valence-corrected chi connectivity index (χ2v) is 7.48. The van der Waals surface area contributed by atoms with E-state index in [0.29, 0.717) is 29.0 Å². The molecule has 152 valence electrons. The summed E-state index contributed by atoms with van der Waals surface area (Å²) in [4.78, 5) is 0. The van der Waals surface area contributed by atoms with E-state index in [1.165, 1.54) is 5.56 Å². The predicted molar refractivity (Wildman–Crippen MR) is 120 cm³/mol. The summed E-state index contributed by atoms with van der Waals surface area (Å²) < 4.78 is 11.7. The smallest absolute Gasteiger partial charge is 0.161 e. The van der Waals surface area contributed by atoms with Gasteiger partial charge >= 0.3 is 0 Å². The molecule has 0 fully saturated rings. The third-order valence-electron chi connectivity index (χ3n) is 4.45. The van der Waals surface area contributed by atoms with Gasteiger partial charge in [0, 0.05) is 6.54 Å². The molecule has 0 saturated carbocycles. The van der Waals surface area contributed by atoms with Gasteiger partial charge in [0.15, 0.2) is 11.5 Å². The molecule has 29 heavy (non-hydrogen) atoms. The number of ether oxygens (including phenoxy) is 2. The van der Waals surface area contributed by atoms with Crippen LogP contribution in [0, 0.1) is 0 Å². The van der Waals surface area contributed by atoms with Crippen LogP contribution < -0.4 is 14.8 Å². The highest BCUT2D eigenvalue weighted by Crippen LogP contribution is 2.30. The van der Waals surface area contributed by atoms with E-state index in [4.69, 9.17) is 32.7 Å². The van der Waals surface area contributed by atoms with Crippen LogP contribution in [0.15, 0.2) is 66.7 Å². The number of rotatable bonds is 10. The first kappa shape index (κ1) is 21.5. The third kappa shape index (κ3) is 6.67. The normalized spacial score (nSPS) is 10.7. The molecular weight excluding hydrogens is 405 g/mol. The molecule has 3 nitrogen and oxygen atoms in total. The molecule has 0 aliphatic rings. The average molecular weight is 430 g/mol. The monoisotopic (exact) mass is 429 g/mol. The fourth-order valence-electron chi connectivity index (χ4n) is 2.95. The van der Waals surface area contributed by atoms with Crippen molar-refractivity contribution in [1.29, 1.82) is 0 Å². The van der Waals surface area contributed by atoms with Crippen molar-refractivity contribution in [3.8, 4) is 11.5 Å². The van der Waals surface area contributed by atoms with Crippen molar-refractivity contribution in [1.82, 2.24) is 5.32 Å². The van der Waals surface area contributed by atoms with Crippen LogP contribution in [0.25, 0.3) is 0 Å². The SMILES string of the molecule is CCOc1cc(CNCCc2ccccc2)ccc1OCc1ccc(Cl)c(Cl)c1. The summed E-state index contributed by atoms with van der Waals surface area (Å²) in [6, 6.07) is 22.0. The molecular formula is C24H25Cl2NO2. The summed E-state index contributed by atoms with van der Waals surface area (Å²) in [6.45, 7) is 4.64. The number of halogens is 2. The second kappa shape index (κ2) is 11.1. The fourth-order valence-corrected chi connectivity index (χ4v) is 3.27. The van der Waals surface area contributed by atoms with Crippen LogP contribution in [0.2, 0.25) is 10.0 Å². The summed E-state index contributed by atoms with van der Waals surface area (Å²) in [5, 5.41) is 4.54. The lowest BCUT2D eigenvalue weighted by atomic mass is 10.1. The number of hydrogen-bond donors (Lipinski definition) is 1. The zero-order valence-electron chi connectivity index (χ0n) is 16.5. The minimum Gasteiger partial charge on any atom is -0.490 e. The van der Waals surface area contributed by atoms with Crippen molar-refractivity contribution in [3.63, 3.8) is 0 Å². The molecule has 3 aromatic carbocycles. The molecule has 0 aliphatic heterocycles. The first-order valence-corrected chi connectivity index (χ1v) is 10.5. The molecule has 0 aliphatic carbocycles. The van der Waals surface area contributed by atoms with Gasteiger partial charge < -0.3 is 14.8 Å². The van der Waals surface area contributed by atoms with Crippen LogP contribution in [-0.2, 0) is 19.6 Å². The fraction of sp³-hybridized carbons (Fsp3) is 0.250. The Bertz CT molecular complexity index is 916. The second-order valence-electron chi connectivity index (χ2n) is 6.66. The van der Waals surface area contributed by atoms with Crippen molar-refractivity contribution >= 4 is 23.2 Å². The maximum atomic E-state index is 6.08. The van der Waals surface area contributed by atoms with Gasteiger partial charge in [0.05, 0.1) is 16.7 Å². The van der Waals surface area contributed by atoms with Crippen LogP contribution in [-0.4, -0.2) is 13.2 Å². The van der Waals surface area contributed by atoms with E-state index in [0.717, 1.165) is 36.4 Å². The van der Waals surface area contributed by atoms with Crippen LogP contribution in [0.4, 0.5) is 0 Å². The predicted octanol–water partition coefficient (Wildman–Crippen LogP) is 6.30. The Balaban J connectivity index is 1.56. The van der Waals surface area contributed by atoms with Crippen molar-refractivity contribution in [2.45, 2.75) is 26.5 Å². The van der Waals surface area contributed by atoms with Crippen molar-refractivity contribution in [2.24, 2.45) is 0 Å². The highest BCUT2D eigenvalue weighted by molar-refractivity contribution is 6.42. The topological polar surface area (TPSA) is 30.5 Å². The standard InChI is InChI=1S/C24H25Cl2NO2/c1-2-28-24-15-19(16-27-13-12-18-6-4-3-5-7-18)9-11-23(24)29-17-20-8-10-21(25)22(26)14-20/h3-11,14-15,27H,2,12-13,16-17H2,1H3. The van der Waals surface area contributed by atoms with Gasteiger partial charge in [-0.15, -0.1) is 0 Å². The van der Waals surface area contributed by atoms with E-state index in [9.17, 15) is 0 Å². The van der Waals surface area contributed by atoms with Gasteiger partial charge in [0.25, 0.3) is 0 Å². The minimum absolute atomic E-state index is 0.394. The summed E-state index contributed by atoms with van der Waals surface area (Å²) >= 11 is 12.0. The van der Waals surface area contributed by atoms with Gasteiger partial charge in [0.2, 0.25) is 0 Å². The lowest BCUT2D eigenvalue weighted by molar-refractivity contribution is 0.269. The molecule has 0 heterocycles. The van der Waals surface area contributed by atoms with Gasteiger partial charge in [-0.25, -0.2) is 0 Å². The largest absolute Gasteiger partial charge is 0.490 e. The Labute approximate surface area is 182 Å². The molecule has 0 saturated heterocycles. The zero-order valence-corrected chi connectivity index (χ0v) is 18.0. The van der Waals surface area contributed by atoms with Gasteiger partial charge in [-0.05, 0) is 60.8 Å². The molecule has 3 aromatic rings. The molecule has 0 atom stereocenters. The van der Waals surface area contributed by atoms with E-state index < -0.39 is 0 Å². The first-order valence-electron chi connectivity index (χ1n) is 9.73. The minimum atomic E-state index is 0.394. The lowest BCUT2D eigenvalue weighted by Crippen LogP contribution is -2.16. The average Bonchev–Trinajstić information content (AvgIpc) is 2.74. The molecule has 0 spiro atoms. The number of hydrogen-bond acceptors (Lipinski definition) is 3. The van der Waals surface area contributed by atoms with E-state index >= 15 is 0 Å². The maximum absolute atomic E-state index is 6.08. The van der Waals surface area contributed by atoms with E-state index in [-0.39, 0.29) is 0 Å². The Hall–Kier alpha value is -2.20. The molecule has 0 unspecified atom stereocenters. The van der Waals surface area contributed by atoms with Crippen LogP contribution in [0.3, 0.4) is 0 Å². The highest BCUT2D eigenvalue weighted by Gasteiger charge is 2.08. The first-order chi connectivity index (χ1) is 14.2. The van der Waals surface area contributed by atoms with Gasteiger partial charge in [-0.1, -0.05) is 65.7 Å². The molecule has 0 amide bonds. The summed E-state index contributed by atoms with van der Waals surface area (Å²) in [5.74, 6) is 1.46.